The zero-order chi connectivity index (χ0) is 27.6. The normalized spacial score (nSPS) is 12.9. The first-order valence-corrected chi connectivity index (χ1v) is 14.2. The van der Waals surface area contributed by atoms with Crippen molar-refractivity contribution >= 4 is 38.3 Å². The molecule has 5 rings (SSSR count). The van der Waals surface area contributed by atoms with E-state index < -0.39 is 15.9 Å². The van der Waals surface area contributed by atoms with Crippen molar-refractivity contribution in [2.45, 2.75) is 31.7 Å². The Labute approximate surface area is 227 Å². The third kappa shape index (κ3) is 5.05. The molecule has 1 aliphatic rings. The van der Waals surface area contributed by atoms with E-state index in [0.29, 0.717) is 48.1 Å². The molecule has 0 spiro atoms. The minimum Gasteiger partial charge on any atom is -0.493 e. The first-order chi connectivity index (χ1) is 18.8. The number of fused-ring (bicyclic) bond motifs is 2. The van der Waals surface area contributed by atoms with E-state index in [1.807, 2.05) is 38.1 Å². The molecule has 0 aromatic heterocycles. The predicted molar refractivity (Wildman–Crippen MR) is 149 cm³/mol. The van der Waals surface area contributed by atoms with Gasteiger partial charge in [0.1, 0.15) is 11.5 Å². The lowest BCUT2D eigenvalue weighted by Gasteiger charge is -2.16. The van der Waals surface area contributed by atoms with Gasteiger partial charge in [0, 0.05) is 22.0 Å². The van der Waals surface area contributed by atoms with Crippen LogP contribution in [0.3, 0.4) is 0 Å². The number of carbonyl (C=O) groups is 2. The van der Waals surface area contributed by atoms with Crippen molar-refractivity contribution in [1.29, 1.82) is 0 Å². The minimum atomic E-state index is -3.95. The number of ether oxygens (including phenoxy) is 2. The number of rotatable bonds is 9. The highest BCUT2D eigenvalue weighted by Crippen LogP contribution is 2.46. The summed E-state index contributed by atoms with van der Waals surface area (Å²) in [6, 6.07) is 22.4. The van der Waals surface area contributed by atoms with Crippen molar-refractivity contribution in [2.75, 3.05) is 18.1 Å². The average Bonchev–Trinajstić information content (AvgIpc) is 3.28. The maximum Gasteiger partial charge on any atom is 0.264 e. The zero-order valence-electron chi connectivity index (χ0n) is 21.6. The summed E-state index contributed by atoms with van der Waals surface area (Å²) in [5, 5.41) is 1.71. The van der Waals surface area contributed by atoms with Crippen LogP contribution in [0, 0.1) is 0 Å². The molecule has 0 unspecified atom stereocenters. The van der Waals surface area contributed by atoms with Gasteiger partial charge in [-0.1, -0.05) is 54.6 Å². The average molecular weight is 545 g/mol. The van der Waals surface area contributed by atoms with E-state index in [9.17, 15) is 18.0 Å². The second-order valence-corrected chi connectivity index (χ2v) is 10.7. The zero-order valence-corrected chi connectivity index (χ0v) is 22.5. The van der Waals surface area contributed by atoms with E-state index in [0.717, 1.165) is 16.3 Å². The van der Waals surface area contributed by atoms with Gasteiger partial charge in [-0.3, -0.25) is 9.59 Å². The Morgan fingerprint density at radius 2 is 1.44 bits per heavy atom. The molecule has 9 heteroatoms. The number of hydrogen-bond acceptors (Lipinski definition) is 6. The van der Waals surface area contributed by atoms with Crippen molar-refractivity contribution in [1.82, 2.24) is 4.72 Å². The van der Waals surface area contributed by atoms with Crippen LogP contribution >= 0.6 is 0 Å². The lowest BCUT2D eigenvalue weighted by atomic mass is 9.99. The third-order valence-electron chi connectivity index (χ3n) is 6.49. The summed E-state index contributed by atoms with van der Waals surface area (Å²) in [6.45, 7) is 4.97. The smallest absolute Gasteiger partial charge is 0.264 e. The first-order valence-electron chi connectivity index (χ1n) is 12.7. The molecule has 1 aliphatic heterocycles. The van der Waals surface area contributed by atoms with Crippen molar-refractivity contribution in [3.63, 3.8) is 0 Å². The van der Waals surface area contributed by atoms with Gasteiger partial charge in [0.2, 0.25) is 5.91 Å². The van der Waals surface area contributed by atoms with Gasteiger partial charge in [-0.25, -0.2) is 13.1 Å². The van der Waals surface area contributed by atoms with Gasteiger partial charge >= 0.3 is 0 Å². The van der Waals surface area contributed by atoms with E-state index in [4.69, 9.17) is 9.47 Å². The largest absolute Gasteiger partial charge is 0.493 e. The molecule has 0 bridgehead atoms. The Morgan fingerprint density at radius 1 is 0.846 bits per heavy atom. The molecule has 0 radical (unpaired) electrons. The standard InChI is InChI=1S/C30H28N2O6S/c1-3-37-28-23-12-8-9-13-24(23)29(38-4-2)27-25(28)19-32(30(27)34)21-16-14-20(15-17-21)18-26(33)31-39(35,36)22-10-6-5-7-11-22/h5-17H,3-4,18-19H2,1-2H3,(H,31,33). The van der Waals surface area contributed by atoms with Gasteiger partial charge in [-0.2, -0.15) is 0 Å². The molecular weight excluding hydrogens is 516 g/mol. The quantitative estimate of drug-likeness (QED) is 0.323. The van der Waals surface area contributed by atoms with Crippen molar-refractivity contribution in [2.24, 2.45) is 0 Å². The number of anilines is 1. The van der Waals surface area contributed by atoms with Crippen LogP contribution in [0.25, 0.3) is 10.8 Å². The van der Waals surface area contributed by atoms with Crippen LogP contribution in [0.15, 0.2) is 83.8 Å². The molecule has 0 aliphatic carbocycles. The highest BCUT2D eigenvalue weighted by Gasteiger charge is 2.36. The summed E-state index contributed by atoms with van der Waals surface area (Å²) in [4.78, 5) is 27.9. The predicted octanol–water partition coefficient (Wildman–Crippen LogP) is 4.85. The molecule has 0 saturated heterocycles. The monoisotopic (exact) mass is 544 g/mol. The van der Waals surface area contributed by atoms with E-state index in [-0.39, 0.29) is 17.2 Å². The molecule has 4 aromatic rings. The van der Waals surface area contributed by atoms with Gasteiger partial charge in [-0.05, 0) is 43.7 Å². The Kier molecular flexibility index (Phi) is 7.26. The van der Waals surface area contributed by atoms with Crippen LogP contribution in [0.5, 0.6) is 11.5 Å². The van der Waals surface area contributed by atoms with Gasteiger partial charge in [0.25, 0.3) is 15.9 Å². The second-order valence-electron chi connectivity index (χ2n) is 9.00. The SMILES string of the molecule is CCOc1c2c(c(OCC)c3ccccc13)C(=O)N(c1ccc(CC(=O)NS(=O)(=O)c3ccccc3)cc1)C2. The molecule has 200 valence electrons. The van der Waals surface area contributed by atoms with Gasteiger partial charge < -0.3 is 14.4 Å². The van der Waals surface area contributed by atoms with Crippen molar-refractivity contribution < 1.29 is 27.5 Å². The number of hydrogen-bond donors (Lipinski definition) is 1. The van der Waals surface area contributed by atoms with Crippen LogP contribution in [0.4, 0.5) is 5.69 Å². The van der Waals surface area contributed by atoms with E-state index in [1.54, 1.807) is 47.4 Å². The second kappa shape index (κ2) is 10.8. The summed E-state index contributed by atoms with van der Waals surface area (Å²) >= 11 is 0. The minimum absolute atomic E-state index is 0.0197. The van der Waals surface area contributed by atoms with Gasteiger partial charge in [0.15, 0.2) is 0 Å². The van der Waals surface area contributed by atoms with Crippen LogP contribution in [-0.4, -0.2) is 33.4 Å². The summed E-state index contributed by atoms with van der Waals surface area (Å²) in [6.07, 6.45) is -0.130. The maximum atomic E-state index is 13.7. The van der Waals surface area contributed by atoms with Crippen LogP contribution in [0.1, 0.15) is 35.3 Å². The van der Waals surface area contributed by atoms with Crippen molar-refractivity contribution in [3.8, 4) is 11.5 Å². The van der Waals surface area contributed by atoms with E-state index in [2.05, 4.69) is 4.72 Å². The van der Waals surface area contributed by atoms with Crippen molar-refractivity contribution in [3.05, 3.63) is 95.6 Å². The Morgan fingerprint density at radius 3 is 2.08 bits per heavy atom. The molecule has 0 saturated carbocycles. The number of nitrogens with zero attached hydrogens (tertiary/aromatic N) is 1. The number of carbonyl (C=O) groups excluding carboxylic acids is 2. The molecular formula is C30H28N2O6S. The molecule has 0 fully saturated rings. The lowest BCUT2D eigenvalue weighted by Crippen LogP contribution is -2.31. The molecule has 2 amide bonds. The number of sulfonamides is 1. The summed E-state index contributed by atoms with van der Waals surface area (Å²) in [5.74, 6) is 0.382. The third-order valence-corrected chi connectivity index (χ3v) is 7.88. The fraction of sp³-hybridized carbons (Fsp3) is 0.200. The van der Waals surface area contributed by atoms with Gasteiger partial charge in [-0.15, -0.1) is 0 Å². The van der Waals surface area contributed by atoms with Crippen LogP contribution < -0.4 is 19.1 Å². The first kappa shape index (κ1) is 26.2. The molecule has 1 heterocycles. The fourth-order valence-corrected chi connectivity index (χ4v) is 5.81. The Hall–Kier alpha value is -4.37. The number of amides is 2. The summed E-state index contributed by atoms with van der Waals surface area (Å²) in [5.41, 5.74) is 2.53. The molecule has 0 atom stereocenters. The van der Waals surface area contributed by atoms with E-state index >= 15 is 0 Å². The number of benzene rings is 4. The van der Waals surface area contributed by atoms with Crippen LogP contribution in [0.2, 0.25) is 0 Å². The fourth-order valence-electron chi connectivity index (χ4n) is 4.80. The summed E-state index contributed by atoms with van der Waals surface area (Å²) < 4.78 is 39.0. The highest BCUT2D eigenvalue weighted by atomic mass is 32.2. The topological polar surface area (TPSA) is 102 Å². The maximum absolute atomic E-state index is 13.7. The Balaban J connectivity index is 1.39. The molecule has 39 heavy (non-hydrogen) atoms. The molecule has 1 N–H and O–H groups in total. The van der Waals surface area contributed by atoms with E-state index in [1.165, 1.54) is 12.1 Å². The molecule has 8 nitrogen and oxygen atoms in total. The lowest BCUT2D eigenvalue weighted by molar-refractivity contribution is -0.118. The van der Waals surface area contributed by atoms with Gasteiger partial charge in [0.05, 0.1) is 36.6 Å². The highest BCUT2D eigenvalue weighted by molar-refractivity contribution is 7.90. The van der Waals surface area contributed by atoms with Crippen LogP contribution in [-0.2, 0) is 27.8 Å². The molecule has 4 aromatic carbocycles. The Bertz CT molecular complexity index is 1650. The number of nitrogens with one attached hydrogen (secondary N) is 1. The summed E-state index contributed by atoms with van der Waals surface area (Å²) in [7, 11) is -3.95.